The summed E-state index contributed by atoms with van der Waals surface area (Å²) >= 11 is 3.49. The fraction of sp³-hybridized carbons (Fsp3) is 0.455. The van der Waals surface area contributed by atoms with Crippen LogP contribution in [0.3, 0.4) is 0 Å². The Morgan fingerprint density at radius 1 is 1.50 bits per heavy atom. The van der Waals surface area contributed by atoms with E-state index in [0.717, 1.165) is 24.1 Å². The average molecular weight is 258 g/mol. The van der Waals surface area contributed by atoms with Crippen LogP contribution in [0.5, 0.6) is 0 Å². The molecule has 0 amide bonds. The third-order valence-electron chi connectivity index (χ3n) is 2.68. The first-order chi connectivity index (χ1) is 6.79. The van der Waals surface area contributed by atoms with Crippen LogP contribution in [-0.2, 0) is 0 Å². The van der Waals surface area contributed by atoms with Crippen molar-refractivity contribution in [2.24, 2.45) is 5.92 Å². The molecule has 1 fully saturated rings. The number of anilines is 1. The van der Waals surface area contributed by atoms with Crippen molar-refractivity contribution in [3.05, 3.63) is 30.1 Å². The van der Waals surface area contributed by atoms with Crippen LogP contribution in [-0.4, -0.2) is 18.4 Å². The van der Waals surface area contributed by atoms with Gasteiger partial charge in [-0.2, -0.15) is 0 Å². The second kappa shape index (κ2) is 4.30. The molecule has 1 atom stereocenters. The maximum atomic E-state index is 13.0. The van der Waals surface area contributed by atoms with Crippen LogP contribution < -0.4 is 4.90 Å². The molecular formula is C11H13BrFN. The Balaban J connectivity index is 2.09. The van der Waals surface area contributed by atoms with Crippen LogP contribution in [0.15, 0.2) is 24.3 Å². The van der Waals surface area contributed by atoms with Gasteiger partial charge in [0.1, 0.15) is 5.82 Å². The van der Waals surface area contributed by atoms with Gasteiger partial charge in [0.25, 0.3) is 0 Å². The minimum absolute atomic E-state index is 0.148. The third kappa shape index (κ3) is 2.08. The van der Waals surface area contributed by atoms with Gasteiger partial charge in [0.05, 0.1) is 0 Å². The Morgan fingerprint density at radius 2 is 2.36 bits per heavy atom. The van der Waals surface area contributed by atoms with E-state index in [0.29, 0.717) is 5.92 Å². The second-order valence-corrected chi connectivity index (χ2v) is 4.38. The summed E-state index contributed by atoms with van der Waals surface area (Å²) in [5, 5.41) is 1.04. The van der Waals surface area contributed by atoms with Gasteiger partial charge in [-0.15, -0.1) is 0 Å². The molecule has 0 bridgehead atoms. The van der Waals surface area contributed by atoms with Crippen molar-refractivity contribution >= 4 is 21.6 Å². The normalized spacial score (nSPS) is 21.6. The van der Waals surface area contributed by atoms with E-state index in [9.17, 15) is 4.39 Å². The quantitative estimate of drug-likeness (QED) is 0.737. The van der Waals surface area contributed by atoms with Gasteiger partial charge in [0, 0.05) is 24.1 Å². The molecule has 1 aromatic carbocycles. The third-order valence-corrected chi connectivity index (χ3v) is 3.59. The van der Waals surface area contributed by atoms with Crippen molar-refractivity contribution in [3.63, 3.8) is 0 Å². The van der Waals surface area contributed by atoms with Gasteiger partial charge < -0.3 is 4.90 Å². The SMILES string of the molecule is Fc1cccc(N2CC[C@@H](CBr)C2)c1. The fourth-order valence-corrected chi connectivity index (χ4v) is 2.39. The van der Waals surface area contributed by atoms with E-state index >= 15 is 0 Å². The molecule has 1 aromatic rings. The van der Waals surface area contributed by atoms with E-state index < -0.39 is 0 Å². The van der Waals surface area contributed by atoms with Crippen molar-refractivity contribution in [1.82, 2.24) is 0 Å². The predicted molar refractivity (Wildman–Crippen MR) is 60.5 cm³/mol. The molecule has 0 N–H and O–H groups in total. The summed E-state index contributed by atoms with van der Waals surface area (Å²) in [4.78, 5) is 2.25. The second-order valence-electron chi connectivity index (χ2n) is 3.73. The zero-order chi connectivity index (χ0) is 9.97. The Kier molecular flexibility index (Phi) is 3.06. The van der Waals surface area contributed by atoms with Crippen LogP contribution >= 0.6 is 15.9 Å². The van der Waals surface area contributed by atoms with E-state index in [1.807, 2.05) is 6.07 Å². The Hall–Kier alpha value is -0.570. The van der Waals surface area contributed by atoms with Crippen molar-refractivity contribution in [1.29, 1.82) is 0 Å². The van der Waals surface area contributed by atoms with Gasteiger partial charge in [-0.05, 0) is 30.5 Å². The zero-order valence-electron chi connectivity index (χ0n) is 7.92. The van der Waals surface area contributed by atoms with Gasteiger partial charge in [-0.3, -0.25) is 0 Å². The first-order valence-electron chi connectivity index (χ1n) is 4.86. The molecule has 0 unspecified atom stereocenters. The van der Waals surface area contributed by atoms with E-state index in [2.05, 4.69) is 20.8 Å². The molecule has 1 saturated heterocycles. The lowest BCUT2D eigenvalue weighted by Crippen LogP contribution is -2.19. The first-order valence-corrected chi connectivity index (χ1v) is 5.98. The molecule has 1 aliphatic rings. The fourth-order valence-electron chi connectivity index (χ4n) is 1.87. The number of hydrogen-bond acceptors (Lipinski definition) is 1. The average Bonchev–Trinajstić information content (AvgIpc) is 2.66. The molecule has 1 nitrogen and oxygen atoms in total. The monoisotopic (exact) mass is 257 g/mol. The number of alkyl halides is 1. The standard InChI is InChI=1S/C11H13BrFN/c12-7-9-4-5-14(8-9)11-3-1-2-10(13)6-11/h1-3,6,9H,4-5,7-8H2/t9-/m0/s1. The molecular weight excluding hydrogens is 245 g/mol. The number of hydrogen-bond donors (Lipinski definition) is 0. The molecule has 0 radical (unpaired) electrons. The molecule has 2 rings (SSSR count). The van der Waals surface area contributed by atoms with E-state index in [-0.39, 0.29) is 5.82 Å². The molecule has 3 heteroatoms. The van der Waals surface area contributed by atoms with Crippen molar-refractivity contribution in [2.45, 2.75) is 6.42 Å². The Bertz CT molecular complexity index is 316. The molecule has 0 aromatic heterocycles. The maximum absolute atomic E-state index is 13.0. The minimum Gasteiger partial charge on any atom is -0.371 e. The summed E-state index contributed by atoms with van der Waals surface area (Å²) in [7, 11) is 0. The summed E-state index contributed by atoms with van der Waals surface area (Å²) in [5.41, 5.74) is 1.01. The van der Waals surface area contributed by atoms with Crippen LogP contribution in [0.2, 0.25) is 0 Å². The summed E-state index contributed by atoms with van der Waals surface area (Å²) in [6.45, 7) is 2.08. The lowest BCUT2D eigenvalue weighted by molar-refractivity contribution is 0.627. The number of halogens is 2. The lowest BCUT2D eigenvalue weighted by atomic mass is 10.2. The smallest absolute Gasteiger partial charge is 0.125 e. The molecule has 1 heterocycles. The van der Waals surface area contributed by atoms with Crippen LogP contribution in [0, 0.1) is 11.7 Å². The number of benzene rings is 1. The number of nitrogens with zero attached hydrogens (tertiary/aromatic N) is 1. The summed E-state index contributed by atoms with van der Waals surface area (Å²) in [6, 6.07) is 6.84. The lowest BCUT2D eigenvalue weighted by Gasteiger charge is -2.18. The molecule has 1 aliphatic heterocycles. The van der Waals surface area contributed by atoms with Gasteiger partial charge in [0.2, 0.25) is 0 Å². The van der Waals surface area contributed by atoms with Crippen LogP contribution in [0.4, 0.5) is 10.1 Å². The van der Waals surface area contributed by atoms with E-state index in [1.165, 1.54) is 12.5 Å². The Morgan fingerprint density at radius 3 is 3.00 bits per heavy atom. The summed E-state index contributed by atoms with van der Waals surface area (Å²) < 4.78 is 13.0. The van der Waals surface area contributed by atoms with Crippen LogP contribution in [0.25, 0.3) is 0 Å². The van der Waals surface area contributed by atoms with Crippen molar-refractivity contribution in [2.75, 3.05) is 23.3 Å². The molecule has 76 valence electrons. The van der Waals surface area contributed by atoms with Gasteiger partial charge in [-0.1, -0.05) is 22.0 Å². The zero-order valence-corrected chi connectivity index (χ0v) is 9.50. The van der Waals surface area contributed by atoms with Gasteiger partial charge in [0.15, 0.2) is 0 Å². The van der Waals surface area contributed by atoms with E-state index in [4.69, 9.17) is 0 Å². The van der Waals surface area contributed by atoms with Crippen molar-refractivity contribution < 1.29 is 4.39 Å². The minimum atomic E-state index is -0.148. The molecule has 0 spiro atoms. The molecule has 0 aliphatic carbocycles. The van der Waals surface area contributed by atoms with Gasteiger partial charge in [-0.25, -0.2) is 4.39 Å². The highest BCUT2D eigenvalue weighted by Gasteiger charge is 2.21. The maximum Gasteiger partial charge on any atom is 0.125 e. The van der Waals surface area contributed by atoms with Crippen LogP contribution in [0.1, 0.15) is 6.42 Å². The highest BCUT2D eigenvalue weighted by atomic mass is 79.9. The molecule has 14 heavy (non-hydrogen) atoms. The highest BCUT2D eigenvalue weighted by molar-refractivity contribution is 9.09. The molecule has 0 saturated carbocycles. The first kappa shape index (κ1) is 9.97. The van der Waals surface area contributed by atoms with E-state index in [1.54, 1.807) is 12.1 Å². The van der Waals surface area contributed by atoms with Crippen molar-refractivity contribution in [3.8, 4) is 0 Å². The topological polar surface area (TPSA) is 3.24 Å². The largest absolute Gasteiger partial charge is 0.371 e. The van der Waals surface area contributed by atoms with Gasteiger partial charge >= 0.3 is 0 Å². The highest BCUT2D eigenvalue weighted by Crippen LogP contribution is 2.25. The summed E-state index contributed by atoms with van der Waals surface area (Å²) in [5.74, 6) is 0.558. The Labute approximate surface area is 92.0 Å². The summed E-state index contributed by atoms with van der Waals surface area (Å²) in [6.07, 6.45) is 1.20. The number of rotatable bonds is 2. The predicted octanol–water partition coefficient (Wildman–Crippen LogP) is 3.05.